The molecular weight excluding hydrogens is 300 g/mol. The number of carbonyl (C=O) groups is 2. The molecule has 0 radical (unpaired) electrons. The average molecular weight is 315 g/mol. The van der Waals surface area contributed by atoms with Crippen molar-refractivity contribution in [1.82, 2.24) is 0 Å². The molecule has 0 aliphatic rings. The van der Waals surface area contributed by atoms with E-state index in [9.17, 15) is 9.59 Å². The molecule has 1 aromatic rings. The smallest absolute Gasteiger partial charge is 0.379 e. The Morgan fingerprint density at radius 1 is 1.33 bits per heavy atom. The first kappa shape index (κ1) is 14.7. The number of benzene rings is 1. The normalized spacial score (nSPS) is 10.1. The number of Topliss-reactive ketones (excluding diaryl/α,β-unsaturated/α-hetero) is 1. The Bertz CT molecular complexity index is 494. The second-order valence-electron chi connectivity index (χ2n) is 3.76. The maximum atomic E-state index is 12.0. The fraction of sp³-hybridized carbons (Fsp3) is 0.385. The summed E-state index contributed by atoms with van der Waals surface area (Å²) in [6.45, 7) is 5.44. The second-order valence-corrected chi connectivity index (χ2v) is 4.61. The van der Waals surface area contributed by atoms with Crippen LogP contribution in [0.5, 0.6) is 5.75 Å². The third kappa shape index (κ3) is 2.72. The fourth-order valence-electron chi connectivity index (χ4n) is 1.81. The van der Waals surface area contributed by atoms with Gasteiger partial charge in [-0.25, -0.2) is 4.79 Å². The van der Waals surface area contributed by atoms with E-state index in [-0.39, 0.29) is 12.2 Å². The van der Waals surface area contributed by atoms with Gasteiger partial charge in [-0.1, -0.05) is 15.9 Å². The van der Waals surface area contributed by atoms with E-state index >= 15 is 0 Å². The Morgan fingerprint density at radius 2 is 1.94 bits per heavy atom. The molecule has 0 atom stereocenters. The van der Waals surface area contributed by atoms with Gasteiger partial charge in [-0.05, 0) is 32.4 Å². The summed E-state index contributed by atoms with van der Waals surface area (Å²) in [5.74, 6) is -0.919. The molecule has 0 amide bonds. The summed E-state index contributed by atoms with van der Waals surface area (Å²) in [7, 11) is 1.53. The van der Waals surface area contributed by atoms with E-state index in [1.807, 2.05) is 6.92 Å². The third-order valence-corrected chi connectivity index (χ3v) is 3.17. The Morgan fingerprint density at radius 3 is 2.44 bits per heavy atom. The van der Waals surface area contributed by atoms with E-state index in [2.05, 4.69) is 15.9 Å². The van der Waals surface area contributed by atoms with Crippen molar-refractivity contribution < 1.29 is 19.1 Å². The molecule has 98 valence electrons. The molecule has 0 aliphatic carbocycles. The zero-order chi connectivity index (χ0) is 13.9. The molecule has 4 nitrogen and oxygen atoms in total. The molecule has 0 N–H and O–H groups in total. The van der Waals surface area contributed by atoms with Crippen molar-refractivity contribution in [3.05, 3.63) is 27.2 Å². The highest BCUT2D eigenvalue weighted by Crippen LogP contribution is 2.32. The van der Waals surface area contributed by atoms with Crippen LogP contribution in [0.4, 0.5) is 0 Å². The van der Waals surface area contributed by atoms with Gasteiger partial charge in [0.2, 0.25) is 0 Å². The molecule has 5 heteroatoms. The maximum Gasteiger partial charge on any atom is 0.379 e. The lowest BCUT2D eigenvalue weighted by Gasteiger charge is -2.14. The molecule has 0 aliphatic heterocycles. The highest BCUT2D eigenvalue weighted by molar-refractivity contribution is 9.10. The first-order valence-electron chi connectivity index (χ1n) is 5.49. The lowest BCUT2D eigenvalue weighted by Crippen LogP contribution is -2.19. The van der Waals surface area contributed by atoms with Gasteiger partial charge in [0.05, 0.1) is 19.3 Å². The van der Waals surface area contributed by atoms with Crippen LogP contribution < -0.4 is 4.74 Å². The van der Waals surface area contributed by atoms with E-state index in [0.29, 0.717) is 15.8 Å². The van der Waals surface area contributed by atoms with Crippen molar-refractivity contribution in [2.75, 3.05) is 13.7 Å². The molecule has 1 rings (SSSR count). The number of rotatable bonds is 4. The largest absolute Gasteiger partial charge is 0.496 e. The van der Waals surface area contributed by atoms with E-state index in [0.717, 1.165) is 5.56 Å². The minimum Gasteiger partial charge on any atom is -0.496 e. The molecule has 0 saturated carbocycles. The van der Waals surface area contributed by atoms with Crippen LogP contribution in [0, 0.1) is 13.8 Å². The molecule has 0 unspecified atom stereocenters. The van der Waals surface area contributed by atoms with Crippen LogP contribution >= 0.6 is 15.9 Å². The van der Waals surface area contributed by atoms with Gasteiger partial charge in [0.1, 0.15) is 5.75 Å². The number of hydrogen-bond donors (Lipinski definition) is 0. The van der Waals surface area contributed by atoms with Crippen molar-refractivity contribution >= 4 is 27.7 Å². The average Bonchev–Trinajstić information content (AvgIpc) is 2.29. The highest BCUT2D eigenvalue weighted by atomic mass is 79.9. The first-order chi connectivity index (χ1) is 8.43. The standard InChI is InChI=1S/C13H15BrO4/c1-5-18-13(16)11(15)10-8(3)12(17-4)7(2)6-9(10)14/h6H,5H2,1-4H3. The highest BCUT2D eigenvalue weighted by Gasteiger charge is 2.25. The van der Waals surface area contributed by atoms with E-state index in [1.165, 1.54) is 7.11 Å². The number of carbonyl (C=O) groups excluding carboxylic acids is 2. The van der Waals surface area contributed by atoms with Crippen LogP contribution in [-0.2, 0) is 9.53 Å². The molecule has 0 bridgehead atoms. The van der Waals surface area contributed by atoms with Gasteiger partial charge in [-0.15, -0.1) is 0 Å². The van der Waals surface area contributed by atoms with Gasteiger partial charge in [0.15, 0.2) is 0 Å². The summed E-state index contributed by atoms with van der Waals surface area (Å²) in [5.41, 5.74) is 1.81. The first-order valence-corrected chi connectivity index (χ1v) is 6.28. The number of hydrogen-bond acceptors (Lipinski definition) is 4. The molecule has 0 heterocycles. The van der Waals surface area contributed by atoms with Gasteiger partial charge < -0.3 is 9.47 Å². The molecule has 18 heavy (non-hydrogen) atoms. The monoisotopic (exact) mass is 314 g/mol. The van der Waals surface area contributed by atoms with Crippen LogP contribution in [0.15, 0.2) is 10.5 Å². The Labute approximate surface area is 114 Å². The fourth-order valence-corrected chi connectivity index (χ4v) is 2.63. The van der Waals surface area contributed by atoms with Crippen molar-refractivity contribution in [2.24, 2.45) is 0 Å². The van der Waals surface area contributed by atoms with Gasteiger partial charge in [-0.3, -0.25) is 4.79 Å². The van der Waals surface area contributed by atoms with Gasteiger partial charge in [0, 0.05) is 10.0 Å². The van der Waals surface area contributed by atoms with E-state index < -0.39 is 11.8 Å². The van der Waals surface area contributed by atoms with Crippen LogP contribution in [0.25, 0.3) is 0 Å². The summed E-state index contributed by atoms with van der Waals surface area (Å²) in [5, 5.41) is 0. The van der Waals surface area contributed by atoms with Gasteiger partial charge in [0.25, 0.3) is 5.78 Å². The van der Waals surface area contributed by atoms with Gasteiger partial charge >= 0.3 is 5.97 Å². The zero-order valence-electron chi connectivity index (χ0n) is 10.8. The Hall–Kier alpha value is -1.36. The predicted octanol–water partition coefficient (Wildman–Crippen LogP) is 2.82. The number of aryl methyl sites for hydroxylation is 1. The van der Waals surface area contributed by atoms with Gasteiger partial charge in [-0.2, -0.15) is 0 Å². The van der Waals surface area contributed by atoms with E-state index in [1.54, 1.807) is 19.9 Å². The summed E-state index contributed by atoms with van der Waals surface area (Å²) in [6.07, 6.45) is 0. The van der Waals surface area contributed by atoms with Crippen LogP contribution in [-0.4, -0.2) is 25.5 Å². The van der Waals surface area contributed by atoms with Crippen molar-refractivity contribution in [3.63, 3.8) is 0 Å². The van der Waals surface area contributed by atoms with Crippen LogP contribution in [0.3, 0.4) is 0 Å². The summed E-state index contributed by atoms with van der Waals surface area (Å²) >= 11 is 3.30. The number of esters is 1. The molecule has 1 aromatic carbocycles. The number of halogens is 1. The topological polar surface area (TPSA) is 52.6 Å². The molecule has 0 saturated heterocycles. The Kier molecular flexibility index (Phi) is 4.90. The molecular formula is C13H15BrO4. The molecule has 0 spiro atoms. The summed E-state index contributed by atoms with van der Waals surface area (Å²) in [6, 6.07) is 1.75. The predicted molar refractivity (Wildman–Crippen MR) is 71.1 cm³/mol. The SMILES string of the molecule is CCOC(=O)C(=O)c1c(Br)cc(C)c(OC)c1C. The number of ether oxygens (including phenoxy) is 2. The van der Waals surface area contributed by atoms with Crippen molar-refractivity contribution in [3.8, 4) is 5.75 Å². The molecule has 0 fully saturated rings. The lowest BCUT2D eigenvalue weighted by molar-refractivity contribution is -0.137. The summed E-state index contributed by atoms with van der Waals surface area (Å²) < 4.78 is 10.5. The molecule has 0 aromatic heterocycles. The zero-order valence-corrected chi connectivity index (χ0v) is 12.4. The third-order valence-electron chi connectivity index (χ3n) is 2.55. The van der Waals surface area contributed by atoms with Crippen LogP contribution in [0.1, 0.15) is 28.4 Å². The van der Waals surface area contributed by atoms with Crippen molar-refractivity contribution in [1.29, 1.82) is 0 Å². The second kappa shape index (κ2) is 6.00. The Balaban J connectivity index is 3.32. The summed E-state index contributed by atoms with van der Waals surface area (Å²) in [4.78, 5) is 23.5. The maximum absolute atomic E-state index is 12.0. The minimum atomic E-state index is -0.854. The van der Waals surface area contributed by atoms with Crippen LogP contribution in [0.2, 0.25) is 0 Å². The minimum absolute atomic E-state index is 0.171. The number of ketones is 1. The van der Waals surface area contributed by atoms with Crippen molar-refractivity contribution in [2.45, 2.75) is 20.8 Å². The quantitative estimate of drug-likeness (QED) is 0.487. The lowest BCUT2D eigenvalue weighted by atomic mass is 10.0. The van der Waals surface area contributed by atoms with E-state index in [4.69, 9.17) is 9.47 Å². The number of methoxy groups -OCH3 is 1.